The van der Waals surface area contributed by atoms with E-state index >= 15 is 0 Å². The van der Waals surface area contributed by atoms with E-state index in [4.69, 9.17) is 19.9 Å². The lowest BCUT2D eigenvalue weighted by atomic mass is 10.3. The average Bonchev–Trinajstić information content (AvgIpc) is 2.86. The first kappa shape index (κ1) is 13.5. The Bertz CT molecular complexity index is 450. The number of carbonyl (C=O) groups excluding carboxylic acids is 1. The van der Waals surface area contributed by atoms with E-state index in [-0.39, 0.29) is 12.7 Å². The van der Waals surface area contributed by atoms with Crippen LogP contribution in [0.1, 0.15) is 6.42 Å². The number of fused-ring (bicyclic) bond motifs is 1. The summed E-state index contributed by atoms with van der Waals surface area (Å²) in [7, 11) is 1.74. The molecule has 0 saturated heterocycles. The minimum atomic E-state index is 0.0248. The summed E-state index contributed by atoms with van der Waals surface area (Å²) >= 11 is 0. The van der Waals surface area contributed by atoms with Gasteiger partial charge in [-0.15, -0.1) is 0 Å². The number of nitrogens with two attached hydrogens (primary N) is 1. The summed E-state index contributed by atoms with van der Waals surface area (Å²) in [5.41, 5.74) is 5.33. The fourth-order valence-electron chi connectivity index (χ4n) is 1.71. The predicted octanol–water partition coefficient (Wildman–Crippen LogP) is 0.601. The molecular weight excluding hydrogens is 248 g/mol. The number of ether oxygens (including phenoxy) is 3. The van der Waals surface area contributed by atoms with Gasteiger partial charge in [0.25, 0.3) is 0 Å². The van der Waals surface area contributed by atoms with Crippen molar-refractivity contribution in [1.82, 2.24) is 4.90 Å². The Morgan fingerprint density at radius 2 is 2.21 bits per heavy atom. The highest BCUT2D eigenvalue weighted by Crippen LogP contribution is 2.34. The van der Waals surface area contributed by atoms with Gasteiger partial charge in [-0.25, -0.2) is 0 Å². The Morgan fingerprint density at radius 3 is 3.00 bits per heavy atom. The Labute approximate surface area is 112 Å². The second-order valence-corrected chi connectivity index (χ2v) is 4.22. The van der Waals surface area contributed by atoms with Crippen molar-refractivity contribution in [2.24, 2.45) is 5.73 Å². The van der Waals surface area contributed by atoms with Crippen molar-refractivity contribution in [3.63, 3.8) is 0 Å². The molecule has 1 heterocycles. The lowest BCUT2D eigenvalue weighted by Crippen LogP contribution is -2.32. The number of hydrogen-bond donors (Lipinski definition) is 1. The molecule has 1 aliphatic rings. The lowest BCUT2D eigenvalue weighted by molar-refractivity contribution is -0.130. The van der Waals surface area contributed by atoms with Gasteiger partial charge >= 0.3 is 0 Å². The monoisotopic (exact) mass is 266 g/mol. The van der Waals surface area contributed by atoms with Crippen LogP contribution >= 0.6 is 0 Å². The number of rotatable bonds is 6. The first-order valence-corrected chi connectivity index (χ1v) is 6.17. The van der Waals surface area contributed by atoms with Gasteiger partial charge in [-0.2, -0.15) is 0 Å². The van der Waals surface area contributed by atoms with E-state index in [1.165, 1.54) is 0 Å². The molecule has 0 radical (unpaired) electrons. The van der Waals surface area contributed by atoms with Crippen molar-refractivity contribution in [2.45, 2.75) is 6.42 Å². The molecule has 1 amide bonds. The zero-order chi connectivity index (χ0) is 13.7. The number of carbonyl (C=O) groups is 1. The van der Waals surface area contributed by atoms with Crippen molar-refractivity contribution < 1.29 is 19.0 Å². The van der Waals surface area contributed by atoms with E-state index in [1.54, 1.807) is 24.1 Å². The second-order valence-electron chi connectivity index (χ2n) is 4.22. The van der Waals surface area contributed by atoms with Gasteiger partial charge in [0.1, 0.15) is 12.4 Å². The van der Waals surface area contributed by atoms with Crippen LogP contribution in [0.2, 0.25) is 0 Å². The molecular formula is C13H18N2O4. The summed E-state index contributed by atoms with van der Waals surface area (Å²) in [4.78, 5) is 13.1. The Balaban J connectivity index is 1.78. The van der Waals surface area contributed by atoms with Crippen LogP contribution in [-0.4, -0.2) is 44.3 Å². The first-order chi connectivity index (χ1) is 9.20. The maximum Gasteiger partial charge on any atom is 0.231 e. The number of hydrogen-bond acceptors (Lipinski definition) is 5. The normalized spacial score (nSPS) is 12.3. The summed E-state index contributed by atoms with van der Waals surface area (Å²) in [5.74, 6) is 2.13. The molecule has 1 aliphatic heterocycles. The maximum atomic E-state index is 11.5. The second kappa shape index (κ2) is 6.29. The van der Waals surface area contributed by atoms with Crippen LogP contribution in [0.25, 0.3) is 0 Å². The Kier molecular flexibility index (Phi) is 4.46. The Morgan fingerprint density at radius 1 is 1.42 bits per heavy atom. The fourth-order valence-corrected chi connectivity index (χ4v) is 1.71. The van der Waals surface area contributed by atoms with Crippen LogP contribution in [0, 0.1) is 0 Å². The minimum absolute atomic E-state index is 0.0248. The average molecular weight is 266 g/mol. The van der Waals surface area contributed by atoms with Crippen LogP contribution in [0.15, 0.2) is 18.2 Å². The molecule has 104 valence electrons. The molecule has 0 bridgehead atoms. The van der Waals surface area contributed by atoms with Gasteiger partial charge in [0.15, 0.2) is 11.5 Å². The lowest BCUT2D eigenvalue weighted by Gasteiger charge is -2.17. The van der Waals surface area contributed by atoms with Gasteiger partial charge in [0, 0.05) is 26.1 Å². The molecule has 2 N–H and O–H groups in total. The number of amides is 1. The number of benzene rings is 1. The van der Waals surface area contributed by atoms with Crippen molar-refractivity contribution in [3.8, 4) is 17.2 Å². The SMILES string of the molecule is CN(CCOc1ccc2c(c1)OCO2)C(=O)CCN. The summed E-state index contributed by atoms with van der Waals surface area (Å²) in [6.07, 6.45) is 0.362. The summed E-state index contributed by atoms with van der Waals surface area (Å²) in [6.45, 7) is 1.56. The van der Waals surface area contributed by atoms with E-state index in [1.807, 2.05) is 6.07 Å². The van der Waals surface area contributed by atoms with Crippen molar-refractivity contribution in [1.29, 1.82) is 0 Å². The van der Waals surface area contributed by atoms with E-state index in [2.05, 4.69) is 0 Å². The minimum Gasteiger partial charge on any atom is -0.492 e. The zero-order valence-corrected chi connectivity index (χ0v) is 10.9. The molecule has 0 fully saturated rings. The molecule has 0 spiro atoms. The van der Waals surface area contributed by atoms with Crippen LogP contribution in [0.4, 0.5) is 0 Å². The topological polar surface area (TPSA) is 74.0 Å². The van der Waals surface area contributed by atoms with Crippen LogP contribution in [0.5, 0.6) is 17.2 Å². The maximum absolute atomic E-state index is 11.5. The van der Waals surface area contributed by atoms with Gasteiger partial charge in [-0.3, -0.25) is 4.79 Å². The van der Waals surface area contributed by atoms with Gasteiger partial charge in [0.2, 0.25) is 12.7 Å². The summed E-state index contributed by atoms with van der Waals surface area (Å²) in [6, 6.07) is 5.40. The molecule has 0 aliphatic carbocycles. The van der Waals surface area contributed by atoms with Gasteiger partial charge in [-0.1, -0.05) is 0 Å². The molecule has 19 heavy (non-hydrogen) atoms. The predicted molar refractivity (Wildman–Crippen MR) is 69.4 cm³/mol. The van der Waals surface area contributed by atoms with E-state index in [0.29, 0.717) is 37.6 Å². The van der Waals surface area contributed by atoms with Gasteiger partial charge in [-0.05, 0) is 12.1 Å². The molecule has 0 atom stereocenters. The van der Waals surface area contributed by atoms with Gasteiger partial charge < -0.3 is 24.8 Å². The van der Waals surface area contributed by atoms with E-state index in [0.717, 1.165) is 5.75 Å². The van der Waals surface area contributed by atoms with Crippen molar-refractivity contribution >= 4 is 5.91 Å². The first-order valence-electron chi connectivity index (χ1n) is 6.17. The molecule has 6 nitrogen and oxygen atoms in total. The van der Waals surface area contributed by atoms with Crippen LogP contribution < -0.4 is 19.9 Å². The Hall–Kier alpha value is -1.95. The largest absolute Gasteiger partial charge is 0.492 e. The van der Waals surface area contributed by atoms with E-state index in [9.17, 15) is 4.79 Å². The third-order valence-electron chi connectivity index (χ3n) is 2.82. The smallest absolute Gasteiger partial charge is 0.231 e. The standard InChI is InChI=1S/C13H18N2O4/c1-15(13(16)4-5-14)6-7-17-10-2-3-11-12(8-10)19-9-18-11/h2-3,8H,4-7,9,14H2,1H3. The van der Waals surface area contributed by atoms with Crippen molar-refractivity contribution in [2.75, 3.05) is 33.5 Å². The molecule has 2 rings (SSSR count). The highest BCUT2D eigenvalue weighted by Gasteiger charge is 2.14. The number of nitrogens with zero attached hydrogens (tertiary/aromatic N) is 1. The third-order valence-corrected chi connectivity index (χ3v) is 2.82. The number of likely N-dealkylation sites (N-methyl/N-ethyl adjacent to an activating group) is 1. The summed E-state index contributed by atoms with van der Waals surface area (Å²) in [5, 5.41) is 0. The highest BCUT2D eigenvalue weighted by molar-refractivity contribution is 5.75. The van der Waals surface area contributed by atoms with Gasteiger partial charge in [0.05, 0.1) is 6.54 Å². The molecule has 0 unspecified atom stereocenters. The molecule has 0 aromatic heterocycles. The van der Waals surface area contributed by atoms with E-state index < -0.39 is 0 Å². The molecule has 1 aromatic carbocycles. The highest BCUT2D eigenvalue weighted by atomic mass is 16.7. The van der Waals surface area contributed by atoms with Crippen molar-refractivity contribution in [3.05, 3.63) is 18.2 Å². The zero-order valence-electron chi connectivity index (χ0n) is 10.9. The molecule has 1 aromatic rings. The third kappa shape index (κ3) is 3.51. The molecule has 0 saturated carbocycles. The molecule has 6 heteroatoms. The summed E-state index contributed by atoms with van der Waals surface area (Å²) < 4.78 is 16.0. The van der Waals surface area contributed by atoms with Crippen LogP contribution in [0.3, 0.4) is 0 Å². The quantitative estimate of drug-likeness (QED) is 0.816. The van der Waals surface area contributed by atoms with Crippen LogP contribution in [-0.2, 0) is 4.79 Å². The fraction of sp³-hybridized carbons (Fsp3) is 0.462.